The van der Waals surface area contributed by atoms with Crippen molar-refractivity contribution in [2.24, 2.45) is 5.92 Å². The van der Waals surface area contributed by atoms with Gasteiger partial charge in [0.2, 0.25) is 11.9 Å². The lowest BCUT2D eigenvalue weighted by Gasteiger charge is -2.34. The second-order valence-corrected chi connectivity index (χ2v) is 8.80. The van der Waals surface area contributed by atoms with Gasteiger partial charge >= 0.3 is 0 Å². The highest BCUT2D eigenvalue weighted by Gasteiger charge is 2.26. The number of fused-ring (bicyclic) bond motifs is 1. The van der Waals surface area contributed by atoms with Crippen LogP contribution in [0.25, 0.3) is 0 Å². The van der Waals surface area contributed by atoms with Crippen molar-refractivity contribution >= 4 is 28.2 Å². The molecule has 152 valence electrons. The predicted molar refractivity (Wildman–Crippen MR) is 114 cm³/mol. The summed E-state index contributed by atoms with van der Waals surface area (Å²) < 4.78 is 0. The van der Waals surface area contributed by atoms with Crippen LogP contribution in [0.2, 0.25) is 0 Å². The molecule has 0 bridgehead atoms. The third-order valence-corrected chi connectivity index (χ3v) is 7.05. The SMILES string of the molecule is CCC1CCc2c(sc(NC(=O)CN3CCN(c4ncccn4)CC3)c2C#N)C1. The zero-order chi connectivity index (χ0) is 20.2. The van der Waals surface area contributed by atoms with E-state index in [4.69, 9.17) is 0 Å². The number of amides is 1. The molecule has 1 fully saturated rings. The van der Waals surface area contributed by atoms with Crippen LogP contribution in [0.3, 0.4) is 0 Å². The summed E-state index contributed by atoms with van der Waals surface area (Å²) in [5, 5.41) is 13.4. The third-order valence-electron chi connectivity index (χ3n) is 5.88. The second-order valence-electron chi connectivity index (χ2n) is 7.70. The Balaban J connectivity index is 1.34. The van der Waals surface area contributed by atoms with E-state index in [1.54, 1.807) is 23.7 Å². The lowest BCUT2D eigenvalue weighted by atomic mass is 9.86. The van der Waals surface area contributed by atoms with Gasteiger partial charge in [-0.05, 0) is 36.8 Å². The maximum Gasteiger partial charge on any atom is 0.239 e. The number of carbonyl (C=O) groups excluding carboxylic acids is 1. The van der Waals surface area contributed by atoms with E-state index in [0.717, 1.165) is 62.0 Å². The van der Waals surface area contributed by atoms with Gasteiger partial charge in [0.25, 0.3) is 0 Å². The van der Waals surface area contributed by atoms with Gasteiger partial charge in [-0.15, -0.1) is 11.3 Å². The van der Waals surface area contributed by atoms with Crippen LogP contribution in [0, 0.1) is 17.2 Å². The van der Waals surface area contributed by atoms with Gasteiger partial charge in [0, 0.05) is 43.4 Å². The number of thiophene rings is 1. The number of aromatic nitrogens is 2. The Labute approximate surface area is 175 Å². The van der Waals surface area contributed by atoms with E-state index in [1.807, 2.05) is 6.07 Å². The number of nitrogens with zero attached hydrogens (tertiary/aromatic N) is 5. The Kier molecular flexibility index (Phi) is 6.07. The van der Waals surface area contributed by atoms with Crippen molar-refractivity contribution in [1.82, 2.24) is 14.9 Å². The molecule has 29 heavy (non-hydrogen) atoms. The Morgan fingerprint density at radius 3 is 2.76 bits per heavy atom. The summed E-state index contributed by atoms with van der Waals surface area (Å²) >= 11 is 1.60. The molecule has 3 heterocycles. The third kappa shape index (κ3) is 4.41. The van der Waals surface area contributed by atoms with Crippen LogP contribution < -0.4 is 10.2 Å². The van der Waals surface area contributed by atoms with Crippen LogP contribution in [0.1, 0.15) is 35.8 Å². The van der Waals surface area contributed by atoms with Gasteiger partial charge in [-0.1, -0.05) is 13.3 Å². The molecule has 4 rings (SSSR count). The maximum atomic E-state index is 12.6. The van der Waals surface area contributed by atoms with E-state index in [0.29, 0.717) is 18.0 Å². The molecule has 2 aromatic heterocycles. The number of anilines is 2. The second kappa shape index (κ2) is 8.89. The van der Waals surface area contributed by atoms with Crippen molar-refractivity contribution in [3.05, 3.63) is 34.5 Å². The number of carbonyl (C=O) groups is 1. The molecular formula is C21H26N6OS. The molecule has 1 aliphatic carbocycles. The van der Waals surface area contributed by atoms with Crippen LogP contribution in [0.15, 0.2) is 18.5 Å². The van der Waals surface area contributed by atoms with E-state index in [1.165, 1.54) is 11.3 Å². The van der Waals surface area contributed by atoms with Crippen molar-refractivity contribution in [2.75, 3.05) is 42.9 Å². The lowest BCUT2D eigenvalue weighted by molar-refractivity contribution is -0.117. The molecule has 1 unspecified atom stereocenters. The zero-order valence-electron chi connectivity index (χ0n) is 16.7. The van der Waals surface area contributed by atoms with Gasteiger partial charge in [-0.25, -0.2) is 9.97 Å². The van der Waals surface area contributed by atoms with E-state index in [-0.39, 0.29) is 5.91 Å². The maximum absolute atomic E-state index is 12.6. The fourth-order valence-corrected chi connectivity index (χ4v) is 5.47. The number of hydrogen-bond acceptors (Lipinski definition) is 7. The smallest absolute Gasteiger partial charge is 0.239 e. The van der Waals surface area contributed by atoms with E-state index in [2.05, 4.69) is 38.1 Å². The molecule has 1 saturated heterocycles. The molecule has 7 nitrogen and oxygen atoms in total. The first-order chi connectivity index (χ1) is 14.2. The van der Waals surface area contributed by atoms with Crippen LogP contribution in [0.5, 0.6) is 0 Å². The molecule has 2 aliphatic rings. The molecular weight excluding hydrogens is 384 g/mol. The normalized spacial score (nSPS) is 19.4. The summed E-state index contributed by atoms with van der Waals surface area (Å²) in [6.45, 7) is 5.74. The Hall–Kier alpha value is -2.50. The summed E-state index contributed by atoms with van der Waals surface area (Å²) in [7, 11) is 0. The minimum absolute atomic E-state index is 0.0449. The van der Waals surface area contributed by atoms with E-state index in [9.17, 15) is 10.1 Å². The molecule has 1 N–H and O–H groups in total. The topological polar surface area (TPSA) is 85.2 Å². The van der Waals surface area contributed by atoms with Gasteiger partial charge in [-0.2, -0.15) is 5.26 Å². The van der Waals surface area contributed by atoms with E-state index >= 15 is 0 Å². The zero-order valence-corrected chi connectivity index (χ0v) is 17.5. The van der Waals surface area contributed by atoms with Crippen molar-refractivity contribution in [1.29, 1.82) is 5.26 Å². The highest BCUT2D eigenvalue weighted by atomic mass is 32.1. The van der Waals surface area contributed by atoms with Crippen molar-refractivity contribution in [3.63, 3.8) is 0 Å². The summed E-state index contributed by atoms with van der Waals surface area (Å²) in [6.07, 6.45) is 7.78. The average molecular weight is 411 g/mol. The summed E-state index contributed by atoms with van der Waals surface area (Å²) in [5.41, 5.74) is 1.84. The van der Waals surface area contributed by atoms with Gasteiger partial charge in [0.05, 0.1) is 12.1 Å². The molecule has 8 heteroatoms. The van der Waals surface area contributed by atoms with Crippen LogP contribution >= 0.6 is 11.3 Å². The number of nitrogens with one attached hydrogen (secondary N) is 1. The number of nitriles is 1. The predicted octanol–water partition coefficient (Wildman–Crippen LogP) is 2.69. The Morgan fingerprint density at radius 2 is 2.07 bits per heavy atom. The first-order valence-corrected chi connectivity index (χ1v) is 11.1. The Bertz CT molecular complexity index is 898. The lowest BCUT2D eigenvalue weighted by Crippen LogP contribution is -2.49. The van der Waals surface area contributed by atoms with Gasteiger partial charge in [0.15, 0.2) is 0 Å². The van der Waals surface area contributed by atoms with E-state index < -0.39 is 0 Å². The van der Waals surface area contributed by atoms with Crippen molar-refractivity contribution in [3.8, 4) is 6.07 Å². The molecule has 0 saturated carbocycles. The minimum Gasteiger partial charge on any atom is -0.338 e. The van der Waals surface area contributed by atoms with Crippen molar-refractivity contribution in [2.45, 2.75) is 32.6 Å². The molecule has 1 amide bonds. The first kappa shape index (κ1) is 19.8. The standard InChI is InChI=1S/C21H26N6OS/c1-2-15-4-5-16-17(13-22)20(29-18(16)12-15)25-19(28)14-26-8-10-27(11-9-26)21-23-6-3-7-24-21/h3,6-7,15H,2,4-5,8-12,14H2,1H3,(H,25,28). The molecule has 0 radical (unpaired) electrons. The Morgan fingerprint density at radius 1 is 1.31 bits per heavy atom. The van der Waals surface area contributed by atoms with Crippen LogP contribution in [-0.4, -0.2) is 53.5 Å². The molecule has 2 aromatic rings. The van der Waals surface area contributed by atoms with Gasteiger partial charge < -0.3 is 10.2 Å². The minimum atomic E-state index is -0.0449. The number of rotatable bonds is 5. The highest BCUT2D eigenvalue weighted by molar-refractivity contribution is 7.16. The fraction of sp³-hybridized carbons (Fsp3) is 0.524. The molecule has 0 spiro atoms. The van der Waals surface area contributed by atoms with Crippen molar-refractivity contribution < 1.29 is 4.79 Å². The summed E-state index contributed by atoms with van der Waals surface area (Å²) in [6, 6.07) is 4.14. The quantitative estimate of drug-likeness (QED) is 0.816. The average Bonchev–Trinajstić information content (AvgIpc) is 3.10. The largest absolute Gasteiger partial charge is 0.338 e. The highest BCUT2D eigenvalue weighted by Crippen LogP contribution is 2.39. The molecule has 1 aliphatic heterocycles. The number of hydrogen-bond donors (Lipinski definition) is 1. The number of piperazine rings is 1. The fourth-order valence-electron chi connectivity index (χ4n) is 4.14. The summed E-state index contributed by atoms with van der Waals surface area (Å²) in [5.74, 6) is 1.39. The van der Waals surface area contributed by atoms with Gasteiger partial charge in [-0.3, -0.25) is 9.69 Å². The van der Waals surface area contributed by atoms with Crippen LogP contribution in [0.4, 0.5) is 10.9 Å². The van der Waals surface area contributed by atoms with Crippen LogP contribution in [-0.2, 0) is 17.6 Å². The van der Waals surface area contributed by atoms with Gasteiger partial charge in [0.1, 0.15) is 11.1 Å². The first-order valence-electron chi connectivity index (χ1n) is 10.3. The summed E-state index contributed by atoms with van der Waals surface area (Å²) in [4.78, 5) is 26.8. The molecule has 0 aromatic carbocycles. The molecule has 1 atom stereocenters. The monoisotopic (exact) mass is 410 g/mol.